The number of amides is 1. The summed E-state index contributed by atoms with van der Waals surface area (Å²) in [5.41, 5.74) is 2.12. The van der Waals surface area contributed by atoms with Crippen LogP contribution in [0.4, 0.5) is 11.4 Å². The topological polar surface area (TPSA) is 44.8 Å². The van der Waals surface area contributed by atoms with Crippen molar-refractivity contribution >= 4 is 17.3 Å². The number of nitrogens with zero attached hydrogens (tertiary/aromatic N) is 2. The van der Waals surface area contributed by atoms with E-state index in [-0.39, 0.29) is 11.9 Å². The van der Waals surface area contributed by atoms with Crippen LogP contribution in [-0.2, 0) is 4.79 Å². The third kappa shape index (κ3) is 4.92. The number of rotatable bonds is 6. The van der Waals surface area contributed by atoms with Crippen LogP contribution in [0.3, 0.4) is 0 Å². The molecule has 0 aliphatic carbocycles. The molecule has 1 N–H and O–H groups in total. The molecule has 1 heterocycles. The van der Waals surface area contributed by atoms with Gasteiger partial charge in [-0.2, -0.15) is 0 Å². The number of ether oxygens (including phenoxy) is 1. The van der Waals surface area contributed by atoms with Crippen LogP contribution in [0, 0.1) is 0 Å². The Bertz CT molecular complexity index is 937. The van der Waals surface area contributed by atoms with Gasteiger partial charge in [-0.1, -0.05) is 36.4 Å². The van der Waals surface area contributed by atoms with Crippen molar-refractivity contribution in [1.29, 1.82) is 0 Å². The Kier molecular flexibility index (Phi) is 6.18. The van der Waals surface area contributed by atoms with Gasteiger partial charge in [0.25, 0.3) is 0 Å². The zero-order chi connectivity index (χ0) is 20.8. The summed E-state index contributed by atoms with van der Waals surface area (Å²) in [6.45, 7) is 5.11. The number of hydrogen-bond acceptors (Lipinski definition) is 4. The van der Waals surface area contributed by atoms with Gasteiger partial charge in [0.05, 0.1) is 0 Å². The summed E-state index contributed by atoms with van der Waals surface area (Å²) >= 11 is 0. The molecule has 3 aromatic rings. The van der Waals surface area contributed by atoms with E-state index in [1.165, 1.54) is 5.69 Å². The van der Waals surface area contributed by atoms with Gasteiger partial charge >= 0.3 is 0 Å². The van der Waals surface area contributed by atoms with E-state index in [0.717, 1.165) is 43.4 Å². The molecular formula is C25H27N3O2. The minimum Gasteiger partial charge on any atom is -0.457 e. The van der Waals surface area contributed by atoms with Crippen molar-refractivity contribution in [2.45, 2.75) is 13.0 Å². The zero-order valence-electron chi connectivity index (χ0n) is 17.2. The summed E-state index contributed by atoms with van der Waals surface area (Å²) in [5.74, 6) is 1.70. The van der Waals surface area contributed by atoms with Gasteiger partial charge in [-0.05, 0) is 55.5 Å². The van der Waals surface area contributed by atoms with Crippen molar-refractivity contribution in [2.24, 2.45) is 0 Å². The maximum absolute atomic E-state index is 12.9. The maximum Gasteiger partial charge on any atom is 0.244 e. The summed E-state index contributed by atoms with van der Waals surface area (Å²) in [5, 5.41) is 3.31. The van der Waals surface area contributed by atoms with Crippen LogP contribution in [0.5, 0.6) is 11.5 Å². The summed E-state index contributed by atoms with van der Waals surface area (Å²) in [4.78, 5) is 17.1. The third-order valence-corrected chi connectivity index (χ3v) is 5.30. The van der Waals surface area contributed by atoms with Gasteiger partial charge in [0.2, 0.25) is 5.91 Å². The van der Waals surface area contributed by atoms with Crippen LogP contribution >= 0.6 is 0 Å². The van der Waals surface area contributed by atoms with Crippen molar-refractivity contribution in [1.82, 2.24) is 4.90 Å². The Morgan fingerprint density at radius 2 is 1.37 bits per heavy atom. The minimum absolute atomic E-state index is 0.132. The summed E-state index contributed by atoms with van der Waals surface area (Å²) in [6, 6.07) is 27.5. The Labute approximate surface area is 177 Å². The van der Waals surface area contributed by atoms with E-state index in [0.29, 0.717) is 0 Å². The molecule has 4 rings (SSSR count). The number of piperazine rings is 1. The quantitative estimate of drug-likeness (QED) is 0.654. The molecule has 1 aliphatic heterocycles. The highest BCUT2D eigenvalue weighted by Gasteiger charge is 2.25. The molecular weight excluding hydrogens is 374 g/mol. The first-order chi connectivity index (χ1) is 14.7. The molecule has 1 unspecified atom stereocenters. The average molecular weight is 402 g/mol. The minimum atomic E-state index is -0.283. The van der Waals surface area contributed by atoms with Crippen molar-refractivity contribution in [3.63, 3.8) is 0 Å². The molecule has 30 heavy (non-hydrogen) atoms. The van der Waals surface area contributed by atoms with Crippen molar-refractivity contribution in [3.8, 4) is 11.5 Å². The van der Waals surface area contributed by atoms with Gasteiger partial charge in [-0.3, -0.25) is 4.79 Å². The molecule has 5 heteroatoms. The lowest BCUT2D eigenvalue weighted by Crippen LogP contribution is -2.52. The number of para-hydroxylation sites is 2. The maximum atomic E-state index is 12.9. The first kappa shape index (κ1) is 19.8. The molecule has 5 nitrogen and oxygen atoms in total. The molecule has 0 spiro atoms. The lowest BCUT2D eigenvalue weighted by Gasteiger charge is -2.37. The highest BCUT2D eigenvalue weighted by Crippen LogP contribution is 2.23. The second-order valence-electron chi connectivity index (χ2n) is 7.45. The zero-order valence-corrected chi connectivity index (χ0v) is 17.2. The Balaban J connectivity index is 1.28. The third-order valence-electron chi connectivity index (χ3n) is 5.30. The van der Waals surface area contributed by atoms with Crippen LogP contribution in [-0.4, -0.2) is 43.0 Å². The molecule has 1 fully saturated rings. The van der Waals surface area contributed by atoms with Crippen LogP contribution in [0.1, 0.15) is 6.92 Å². The largest absolute Gasteiger partial charge is 0.457 e. The molecule has 1 aliphatic rings. The first-order valence-corrected chi connectivity index (χ1v) is 10.4. The fourth-order valence-corrected chi connectivity index (χ4v) is 3.65. The average Bonchev–Trinajstić information content (AvgIpc) is 2.81. The summed E-state index contributed by atoms with van der Waals surface area (Å²) in [6.07, 6.45) is 0. The molecule has 154 valence electrons. The highest BCUT2D eigenvalue weighted by molar-refractivity contribution is 5.84. The van der Waals surface area contributed by atoms with Gasteiger partial charge in [0, 0.05) is 37.6 Å². The van der Waals surface area contributed by atoms with E-state index >= 15 is 0 Å². The predicted octanol–water partition coefficient (Wildman–Crippen LogP) is 4.63. The van der Waals surface area contributed by atoms with Crippen molar-refractivity contribution in [2.75, 3.05) is 36.4 Å². The second kappa shape index (κ2) is 9.35. The Morgan fingerprint density at radius 1 is 0.800 bits per heavy atom. The number of carbonyl (C=O) groups is 1. The standard InChI is InChI=1S/C25H27N3O2/c1-20(25(29)28-18-16-27(17-19-28)22-8-4-2-5-9-22)26-21-12-14-24(15-13-21)30-23-10-6-3-7-11-23/h2-15,20,26H,16-19H2,1H3. The van der Waals surface area contributed by atoms with Crippen LogP contribution in [0.15, 0.2) is 84.9 Å². The fraction of sp³-hybridized carbons (Fsp3) is 0.240. The SMILES string of the molecule is CC(Nc1ccc(Oc2ccccc2)cc1)C(=O)N1CCN(c2ccccc2)CC1. The van der Waals surface area contributed by atoms with E-state index in [1.54, 1.807) is 0 Å². The molecule has 3 aromatic carbocycles. The van der Waals surface area contributed by atoms with E-state index in [9.17, 15) is 4.79 Å². The summed E-state index contributed by atoms with van der Waals surface area (Å²) < 4.78 is 5.82. The highest BCUT2D eigenvalue weighted by atomic mass is 16.5. The molecule has 0 saturated carbocycles. The normalized spacial score (nSPS) is 14.8. The van der Waals surface area contributed by atoms with Gasteiger partial charge in [-0.25, -0.2) is 0 Å². The predicted molar refractivity (Wildman–Crippen MR) is 121 cm³/mol. The lowest BCUT2D eigenvalue weighted by atomic mass is 10.2. The Hall–Kier alpha value is -3.47. The van der Waals surface area contributed by atoms with Crippen LogP contribution in [0.25, 0.3) is 0 Å². The molecule has 0 bridgehead atoms. The smallest absolute Gasteiger partial charge is 0.244 e. The van der Waals surface area contributed by atoms with Crippen molar-refractivity contribution < 1.29 is 9.53 Å². The number of benzene rings is 3. The fourth-order valence-electron chi connectivity index (χ4n) is 3.65. The molecule has 1 amide bonds. The van der Waals surface area contributed by atoms with Gasteiger partial charge in [0.15, 0.2) is 0 Å². The molecule has 1 atom stereocenters. The number of carbonyl (C=O) groups excluding carboxylic acids is 1. The number of hydrogen-bond donors (Lipinski definition) is 1. The van der Waals surface area contributed by atoms with E-state index in [1.807, 2.05) is 72.5 Å². The van der Waals surface area contributed by atoms with E-state index in [2.05, 4.69) is 34.5 Å². The second-order valence-corrected chi connectivity index (χ2v) is 7.45. The first-order valence-electron chi connectivity index (χ1n) is 10.4. The van der Waals surface area contributed by atoms with E-state index in [4.69, 9.17) is 4.74 Å². The molecule has 1 saturated heterocycles. The van der Waals surface area contributed by atoms with Gasteiger partial charge < -0.3 is 19.9 Å². The number of nitrogens with one attached hydrogen (secondary N) is 1. The molecule has 0 aromatic heterocycles. The van der Waals surface area contributed by atoms with Gasteiger partial charge in [-0.15, -0.1) is 0 Å². The van der Waals surface area contributed by atoms with Crippen LogP contribution in [0.2, 0.25) is 0 Å². The monoisotopic (exact) mass is 401 g/mol. The van der Waals surface area contributed by atoms with Crippen LogP contribution < -0.4 is 15.0 Å². The molecule has 0 radical (unpaired) electrons. The number of anilines is 2. The Morgan fingerprint density at radius 3 is 2.00 bits per heavy atom. The summed E-state index contributed by atoms with van der Waals surface area (Å²) in [7, 11) is 0. The van der Waals surface area contributed by atoms with Crippen molar-refractivity contribution in [3.05, 3.63) is 84.9 Å². The van der Waals surface area contributed by atoms with E-state index < -0.39 is 0 Å². The van der Waals surface area contributed by atoms with Gasteiger partial charge in [0.1, 0.15) is 17.5 Å². The lowest BCUT2D eigenvalue weighted by molar-refractivity contribution is -0.131.